The molecule has 0 bridgehead atoms. The van der Waals surface area contributed by atoms with Gasteiger partial charge in [0, 0.05) is 19.3 Å². The molecule has 0 radical (unpaired) electrons. The van der Waals surface area contributed by atoms with Gasteiger partial charge in [0.15, 0.2) is 0 Å². The molecule has 0 spiro atoms. The Kier molecular flexibility index (Phi) is 6.23. The molecule has 1 heterocycles. The summed E-state index contributed by atoms with van der Waals surface area (Å²) in [5.41, 5.74) is 0.200. The van der Waals surface area contributed by atoms with Gasteiger partial charge in [-0.2, -0.15) is 0 Å². The zero-order valence-corrected chi connectivity index (χ0v) is 13.1. The first-order valence-corrected chi connectivity index (χ1v) is 7.06. The van der Waals surface area contributed by atoms with Crippen molar-refractivity contribution in [3.63, 3.8) is 0 Å². The highest BCUT2D eigenvalue weighted by molar-refractivity contribution is 6.35. The van der Waals surface area contributed by atoms with Crippen LogP contribution >= 0.6 is 23.2 Å². The molecule has 20 heavy (non-hydrogen) atoms. The van der Waals surface area contributed by atoms with Crippen molar-refractivity contribution in [3.8, 4) is 0 Å². The number of pyridine rings is 1. The topological polar surface area (TPSA) is 62.3 Å². The summed E-state index contributed by atoms with van der Waals surface area (Å²) in [6.45, 7) is 6.59. The van der Waals surface area contributed by atoms with Crippen molar-refractivity contribution >= 4 is 35.0 Å². The highest BCUT2D eigenvalue weighted by Gasteiger charge is 2.21. The average molecular weight is 318 g/mol. The Morgan fingerprint density at radius 3 is 2.50 bits per heavy atom. The number of nitrogens with one attached hydrogen (secondary N) is 1. The fourth-order valence-electron chi connectivity index (χ4n) is 1.73. The van der Waals surface area contributed by atoms with E-state index in [2.05, 4.69) is 10.3 Å². The Morgan fingerprint density at radius 2 is 1.95 bits per heavy atom. The second kappa shape index (κ2) is 7.45. The van der Waals surface area contributed by atoms with Crippen molar-refractivity contribution in [2.24, 2.45) is 0 Å². The van der Waals surface area contributed by atoms with Gasteiger partial charge in [-0.15, -0.1) is 0 Å². The lowest BCUT2D eigenvalue weighted by Gasteiger charge is -2.23. The van der Waals surface area contributed by atoms with E-state index >= 15 is 0 Å². The molecule has 7 heteroatoms. The van der Waals surface area contributed by atoms with Crippen molar-refractivity contribution in [3.05, 3.63) is 28.0 Å². The summed E-state index contributed by atoms with van der Waals surface area (Å²) < 4.78 is 0. The lowest BCUT2D eigenvalue weighted by molar-refractivity contribution is -0.132. The van der Waals surface area contributed by atoms with Crippen molar-refractivity contribution in [2.75, 3.05) is 13.1 Å². The van der Waals surface area contributed by atoms with E-state index in [1.54, 1.807) is 11.8 Å². The molecule has 1 aromatic heterocycles. The Bertz CT molecular complexity index is 504. The van der Waals surface area contributed by atoms with Crippen LogP contribution in [0.3, 0.4) is 0 Å². The molecular weight excluding hydrogens is 301 g/mol. The standard InChI is InChI=1S/C13H17Cl2N3O2/c1-4-18(5-2)13(20)8(3)17-12(19)9-6-11(15)16-7-10(9)14/h6-8H,4-5H2,1-3H3,(H,17,19). The molecule has 0 saturated carbocycles. The first kappa shape index (κ1) is 16.7. The summed E-state index contributed by atoms with van der Waals surface area (Å²) in [6.07, 6.45) is 1.30. The third kappa shape index (κ3) is 4.08. The minimum atomic E-state index is -0.634. The summed E-state index contributed by atoms with van der Waals surface area (Å²) in [7, 11) is 0. The number of nitrogens with zero attached hydrogens (tertiary/aromatic N) is 2. The van der Waals surface area contributed by atoms with Crippen molar-refractivity contribution in [1.82, 2.24) is 15.2 Å². The smallest absolute Gasteiger partial charge is 0.253 e. The van der Waals surface area contributed by atoms with E-state index in [0.717, 1.165) is 0 Å². The van der Waals surface area contributed by atoms with Crippen LogP contribution in [0.4, 0.5) is 0 Å². The minimum Gasteiger partial charge on any atom is -0.341 e. The van der Waals surface area contributed by atoms with Crippen LogP contribution in [-0.2, 0) is 4.79 Å². The zero-order chi connectivity index (χ0) is 15.3. The Labute approximate surface area is 128 Å². The van der Waals surface area contributed by atoms with Crippen LogP contribution in [0.2, 0.25) is 10.2 Å². The molecule has 0 aromatic carbocycles. The van der Waals surface area contributed by atoms with Gasteiger partial charge in [0.1, 0.15) is 11.2 Å². The molecule has 5 nitrogen and oxygen atoms in total. The molecule has 0 aliphatic rings. The lowest BCUT2D eigenvalue weighted by atomic mass is 10.2. The third-order valence-electron chi connectivity index (χ3n) is 2.86. The highest BCUT2D eigenvalue weighted by Crippen LogP contribution is 2.18. The number of aromatic nitrogens is 1. The molecule has 1 N–H and O–H groups in total. The number of carbonyl (C=O) groups excluding carboxylic acids is 2. The maximum absolute atomic E-state index is 12.1. The van der Waals surface area contributed by atoms with E-state index in [0.29, 0.717) is 13.1 Å². The molecule has 110 valence electrons. The summed E-state index contributed by atoms with van der Waals surface area (Å²) in [4.78, 5) is 29.6. The minimum absolute atomic E-state index is 0.139. The molecule has 0 fully saturated rings. The van der Waals surface area contributed by atoms with Crippen LogP contribution in [0.1, 0.15) is 31.1 Å². The summed E-state index contributed by atoms with van der Waals surface area (Å²) in [5.74, 6) is -0.591. The maximum atomic E-state index is 12.1. The fourth-order valence-corrected chi connectivity index (χ4v) is 2.08. The average Bonchev–Trinajstić information content (AvgIpc) is 2.42. The fraction of sp³-hybridized carbons (Fsp3) is 0.462. The number of hydrogen-bond acceptors (Lipinski definition) is 3. The normalized spacial score (nSPS) is 11.8. The number of amides is 2. The molecule has 0 aliphatic heterocycles. The van der Waals surface area contributed by atoms with Crippen molar-refractivity contribution in [1.29, 1.82) is 0 Å². The third-order valence-corrected chi connectivity index (χ3v) is 3.37. The van der Waals surface area contributed by atoms with Crippen LogP contribution in [0.15, 0.2) is 12.3 Å². The molecule has 2 amide bonds. The van der Waals surface area contributed by atoms with E-state index in [-0.39, 0.29) is 21.6 Å². The van der Waals surface area contributed by atoms with Gasteiger partial charge in [0.25, 0.3) is 5.91 Å². The van der Waals surface area contributed by atoms with Crippen LogP contribution in [-0.4, -0.2) is 40.8 Å². The summed E-state index contributed by atoms with van der Waals surface area (Å²) in [5, 5.41) is 2.97. The van der Waals surface area contributed by atoms with Crippen LogP contribution in [0, 0.1) is 0 Å². The van der Waals surface area contributed by atoms with Crippen LogP contribution < -0.4 is 5.32 Å². The molecule has 1 atom stereocenters. The van der Waals surface area contributed by atoms with Crippen molar-refractivity contribution in [2.45, 2.75) is 26.8 Å². The maximum Gasteiger partial charge on any atom is 0.253 e. The number of rotatable bonds is 5. The van der Waals surface area contributed by atoms with Crippen molar-refractivity contribution < 1.29 is 9.59 Å². The molecule has 1 rings (SSSR count). The summed E-state index contributed by atoms with van der Waals surface area (Å²) in [6, 6.07) is 0.735. The molecular formula is C13H17Cl2N3O2. The van der Waals surface area contributed by atoms with Gasteiger partial charge in [-0.05, 0) is 26.8 Å². The first-order valence-electron chi connectivity index (χ1n) is 6.31. The van der Waals surface area contributed by atoms with E-state index in [4.69, 9.17) is 23.2 Å². The Morgan fingerprint density at radius 1 is 1.35 bits per heavy atom. The lowest BCUT2D eigenvalue weighted by Crippen LogP contribution is -2.46. The van der Waals surface area contributed by atoms with E-state index in [9.17, 15) is 9.59 Å². The van der Waals surface area contributed by atoms with Gasteiger partial charge in [0.05, 0.1) is 10.6 Å². The summed E-state index contributed by atoms with van der Waals surface area (Å²) >= 11 is 11.6. The largest absolute Gasteiger partial charge is 0.341 e. The van der Waals surface area contributed by atoms with E-state index in [1.807, 2.05) is 13.8 Å². The number of likely N-dealkylation sites (N-methyl/N-ethyl adjacent to an activating group) is 1. The molecule has 0 aliphatic carbocycles. The predicted molar refractivity (Wildman–Crippen MR) is 79.1 cm³/mol. The number of hydrogen-bond donors (Lipinski definition) is 1. The van der Waals surface area contributed by atoms with E-state index < -0.39 is 11.9 Å². The number of halogens is 2. The van der Waals surface area contributed by atoms with Gasteiger partial charge >= 0.3 is 0 Å². The monoisotopic (exact) mass is 317 g/mol. The second-order valence-electron chi connectivity index (χ2n) is 4.19. The first-order chi connectivity index (χ1) is 9.40. The van der Waals surface area contributed by atoms with Gasteiger partial charge in [-0.25, -0.2) is 4.98 Å². The molecule has 1 aromatic rings. The predicted octanol–water partition coefficient (Wildman–Crippen LogP) is 2.38. The van der Waals surface area contributed by atoms with E-state index in [1.165, 1.54) is 12.3 Å². The highest BCUT2D eigenvalue weighted by atomic mass is 35.5. The molecule has 0 saturated heterocycles. The number of carbonyl (C=O) groups is 2. The molecule has 1 unspecified atom stereocenters. The second-order valence-corrected chi connectivity index (χ2v) is 4.99. The Hall–Kier alpha value is -1.33. The van der Waals surface area contributed by atoms with Gasteiger partial charge in [-0.1, -0.05) is 23.2 Å². The Balaban J connectivity index is 2.80. The SMILES string of the molecule is CCN(CC)C(=O)C(C)NC(=O)c1cc(Cl)ncc1Cl. The van der Waals surface area contributed by atoms with Gasteiger partial charge in [-0.3, -0.25) is 9.59 Å². The van der Waals surface area contributed by atoms with Crippen LogP contribution in [0.5, 0.6) is 0 Å². The van der Waals surface area contributed by atoms with Gasteiger partial charge < -0.3 is 10.2 Å². The van der Waals surface area contributed by atoms with Crippen LogP contribution in [0.25, 0.3) is 0 Å². The zero-order valence-electron chi connectivity index (χ0n) is 11.6. The quantitative estimate of drug-likeness (QED) is 0.848. The van der Waals surface area contributed by atoms with Gasteiger partial charge in [0.2, 0.25) is 5.91 Å².